The van der Waals surface area contributed by atoms with Crippen LogP contribution in [0.25, 0.3) is 11.1 Å². The van der Waals surface area contributed by atoms with Crippen LogP contribution in [0.3, 0.4) is 0 Å². The Balaban J connectivity index is 1.37. The van der Waals surface area contributed by atoms with Crippen LogP contribution < -0.4 is 10.6 Å². The summed E-state index contributed by atoms with van der Waals surface area (Å²) in [5.41, 5.74) is 5.96. The van der Waals surface area contributed by atoms with Crippen molar-refractivity contribution in [2.45, 2.75) is 50.7 Å². The number of aryl methyl sites for hydroxylation is 1. The van der Waals surface area contributed by atoms with E-state index < -0.39 is 6.29 Å². The van der Waals surface area contributed by atoms with Crippen LogP contribution >= 0.6 is 11.8 Å². The molecule has 4 aromatic rings. The number of hydrogen-bond acceptors (Lipinski definition) is 7. The molecule has 2 heterocycles. The second-order valence-corrected chi connectivity index (χ2v) is 11.3. The van der Waals surface area contributed by atoms with Crippen LogP contribution in [0.1, 0.15) is 48.5 Å². The van der Waals surface area contributed by atoms with Gasteiger partial charge in [0.1, 0.15) is 6.33 Å². The Kier molecular flexibility index (Phi) is 9.91. The molecule has 0 spiro atoms. The molecule has 1 aliphatic heterocycles. The van der Waals surface area contributed by atoms with E-state index in [0.29, 0.717) is 18.8 Å². The standard InChI is InChI=1S/C32H37N5O4S/c1-4-33-31(39)34-17-26-7-5-6-8-27(26)23-13-15-25(16-14-23)30-40-28(19-42-32-36-35-20-37(32)3)21(2)29(41-30)24-11-9-22(18-38)10-12-24/h5-16,20-21,28-30,38H,4,17-19H2,1-3H3,(H2,33,34,39)/t21-,28+,29+,30+/m0/s1. The van der Waals surface area contributed by atoms with E-state index in [2.05, 4.69) is 46.0 Å². The summed E-state index contributed by atoms with van der Waals surface area (Å²) in [6.07, 6.45) is 0.842. The number of ether oxygens (including phenoxy) is 2. The summed E-state index contributed by atoms with van der Waals surface area (Å²) < 4.78 is 15.1. The van der Waals surface area contributed by atoms with Crippen molar-refractivity contribution in [1.29, 1.82) is 0 Å². The first-order chi connectivity index (χ1) is 20.5. The van der Waals surface area contributed by atoms with E-state index in [-0.39, 0.29) is 30.8 Å². The van der Waals surface area contributed by atoms with Crippen LogP contribution in [0, 0.1) is 5.92 Å². The van der Waals surface area contributed by atoms with Crippen molar-refractivity contribution in [1.82, 2.24) is 25.4 Å². The number of amides is 2. The summed E-state index contributed by atoms with van der Waals surface area (Å²) in [6, 6.07) is 24.0. The van der Waals surface area contributed by atoms with Crippen LogP contribution in [0.4, 0.5) is 4.79 Å². The van der Waals surface area contributed by atoms with Crippen molar-refractivity contribution >= 4 is 17.8 Å². The van der Waals surface area contributed by atoms with Gasteiger partial charge in [-0.1, -0.05) is 91.5 Å². The lowest BCUT2D eigenvalue weighted by Crippen LogP contribution is -2.38. The van der Waals surface area contributed by atoms with E-state index in [4.69, 9.17) is 9.47 Å². The van der Waals surface area contributed by atoms with E-state index >= 15 is 0 Å². The molecule has 0 radical (unpaired) electrons. The van der Waals surface area contributed by atoms with Gasteiger partial charge in [0.2, 0.25) is 0 Å². The molecule has 10 heteroatoms. The third-order valence-electron chi connectivity index (χ3n) is 7.46. The van der Waals surface area contributed by atoms with Crippen LogP contribution in [0.15, 0.2) is 84.3 Å². The highest BCUT2D eigenvalue weighted by molar-refractivity contribution is 7.99. The Bertz CT molecular complexity index is 1460. The summed E-state index contributed by atoms with van der Waals surface area (Å²) in [5.74, 6) is 0.772. The zero-order valence-corrected chi connectivity index (χ0v) is 24.9. The number of urea groups is 1. The normalized spacial score (nSPS) is 20.3. The summed E-state index contributed by atoms with van der Waals surface area (Å²) in [7, 11) is 1.93. The lowest BCUT2D eigenvalue weighted by Gasteiger charge is -2.41. The van der Waals surface area contributed by atoms with Gasteiger partial charge in [-0.3, -0.25) is 0 Å². The van der Waals surface area contributed by atoms with Gasteiger partial charge in [-0.05, 0) is 34.7 Å². The van der Waals surface area contributed by atoms with Crippen molar-refractivity contribution < 1.29 is 19.4 Å². The molecule has 42 heavy (non-hydrogen) atoms. The fraction of sp³-hybridized carbons (Fsp3) is 0.344. The van der Waals surface area contributed by atoms with Crippen LogP contribution in [0.2, 0.25) is 0 Å². The summed E-state index contributed by atoms with van der Waals surface area (Å²) in [4.78, 5) is 12.0. The zero-order chi connectivity index (χ0) is 29.5. The van der Waals surface area contributed by atoms with Crippen molar-refractivity contribution in [3.63, 3.8) is 0 Å². The number of hydrogen-bond donors (Lipinski definition) is 3. The van der Waals surface area contributed by atoms with Gasteiger partial charge in [0.05, 0.1) is 18.8 Å². The fourth-order valence-corrected chi connectivity index (χ4v) is 6.10. The highest BCUT2D eigenvalue weighted by Crippen LogP contribution is 2.43. The second-order valence-electron chi connectivity index (χ2n) is 10.3. The minimum absolute atomic E-state index is 0.00152. The molecular weight excluding hydrogens is 550 g/mol. The summed E-state index contributed by atoms with van der Waals surface area (Å²) >= 11 is 1.62. The highest BCUT2D eigenvalue weighted by Gasteiger charge is 2.38. The molecule has 0 saturated carbocycles. The number of benzene rings is 3. The third kappa shape index (κ3) is 7.01. The molecule has 3 N–H and O–H groups in total. The molecule has 220 valence electrons. The van der Waals surface area contributed by atoms with Crippen molar-refractivity contribution in [3.8, 4) is 11.1 Å². The van der Waals surface area contributed by atoms with Gasteiger partial charge < -0.3 is 29.8 Å². The Hall–Kier alpha value is -3.70. The van der Waals surface area contributed by atoms with E-state index in [0.717, 1.165) is 38.5 Å². The largest absolute Gasteiger partial charge is 0.392 e. The molecule has 1 aliphatic rings. The minimum atomic E-state index is -0.558. The van der Waals surface area contributed by atoms with Crippen molar-refractivity contribution in [2.24, 2.45) is 13.0 Å². The van der Waals surface area contributed by atoms with Crippen molar-refractivity contribution in [3.05, 3.63) is 101 Å². The maximum Gasteiger partial charge on any atom is 0.315 e. The number of aliphatic hydroxyl groups is 1. The average Bonchev–Trinajstić information content (AvgIpc) is 3.44. The number of aliphatic hydroxyl groups excluding tert-OH is 1. The Morgan fingerprint density at radius 2 is 1.74 bits per heavy atom. The van der Waals surface area contributed by atoms with E-state index in [1.54, 1.807) is 18.1 Å². The number of carbonyl (C=O) groups is 1. The first kappa shape index (κ1) is 29.8. The molecule has 1 fully saturated rings. The number of nitrogens with zero attached hydrogens (tertiary/aromatic N) is 3. The molecule has 1 aromatic heterocycles. The van der Waals surface area contributed by atoms with Crippen LogP contribution in [-0.2, 0) is 29.7 Å². The molecule has 0 unspecified atom stereocenters. The lowest BCUT2D eigenvalue weighted by atomic mass is 9.91. The topological polar surface area (TPSA) is 111 Å². The van der Waals surface area contributed by atoms with Gasteiger partial charge in [0.15, 0.2) is 11.4 Å². The first-order valence-electron chi connectivity index (χ1n) is 14.1. The lowest BCUT2D eigenvalue weighted by molar-refractivity contribution is -0.268. The van der Waals surface area contributed by atoms with E-state index in [9.17, 15) is 9.90 Å². The molecule has 4 atom stereocenters. The predicted molar refractivity (Wildman–Crippen MR) is 162 cm³/mol. The molecule has 3 aromatic carbocycles. The Labute approximate surface area is 250 Å². The maximum atomic E-state index is 12.0. The molecular formula is C32H37N5O4S. The predicted octanol–water partition coefficient (Wildman–Crippen LogP) is 5.38. The van der Waals surface area contributed by atoms with Gasteiger partial charge in [0.25, 0.3) is 0 Å². The molecule has 5 rings (SSSR count). The van der Waals surface area contributed by atoms with Gasteiger partial charge in [-0.25, -0.2) is 4.79 Å². The zero-order valence-electron chi connectivity index (χ0n) is 24.1. The van der Waals surface area contributed by atoms with Gasteiger partial charge in [-0.15, -0.1) is 10.2 Å². The summed E-state index contributed by atoms with van der Waals surface area (Å²) in [6.45, 7) is 5.05. The Morgan fingerprint density at radius 3 is 2.43 bits per heavy atom. The minimum Gasteiger partial charge on any atom is -0.392 e. The molecule has 0 bridgehead atoms. The maximum absolute atomic E-state index is 12.0. The molecule has 1 saturated heterocycles. The van der Waals surface area contributed by atoms with E-state index in [1.165, 1.54) is 0 Å². The third-order valence-corrected chi connectivity index (χ3v) is 8.58. The number of thioether (sulfide) groups is 1. The summed E-state index contributed by atoms with van der Waals surface area (Å²) in [5, 5.41) is 24.2. The smallest absolute Gasteiger partial charge is 0.315 e. The number of aromatic nitrogens is 3. The van der Waals surface area contributed by atoms with Gasteiger partial charge in [-0.2, -0.15) is 0 Å². The second kappa shape index (κ2) is 14.0. The first-order valence-corrected chi connectivity index (χ1v) is 15.1. The SMILES string of the molecule is CCNC(=O)NCc1ccccc1-c1ccc([C@@H]2O[C@H](CSc3nncn3C)[C@H](C)[C@H](c3ccc(CO)cc3)O2)cc1. The number of carbonyl (C=O) groups excluding carboxylic acids is 1. The average molecular weight is 588 g/mol. The van der Waals surface area contributed by atoms with Crippen LogP contribution in [-0.4, -0.2) is 44.3 Å². The van der Waals surface area contributed by atoms with Crippen LogP contribution in [0.5, 0.6) is 0 Å². The highest BCUT2D eigenvalue weighted by atomic mass is 32.2. The van der Waals surface area contributed by atoms with E-state index in [1.807, 2.05) is 73.1 Å². The number of nitrogens with one attached hydrogen (secondary N) is 2. The fourth-order valence-electron chi connectivity index (χ4n) is 5.04. The molecule has 9 nitrogen and oxygen atoms in total. The quantitative estimate of drug-likeness (QED) is 0.214. The number of rotatable bonds is 10. The van der Waals surface area contributed by atoms with Crippen molar-refractivity contribution in [2.75, 3.05) is 12.3 Å². The monoisotopic (exact) mass is 587 g/mol. The van der Waals surface area contributed by atoms with Gasteiger partial charge >= 0.3 is 6.03 Å². The molecule has 2 amide bonds. The molecule has 0 aliphatic carbocycles. The Morgan fingerprint density at radius 1 is 1.00 bits per heavy atom. The van der Waals surface area contributed by atoms with Gasteiger partial charge in [0, 0.05) is 37.4 Å².